The molecule has 0 spiro atoms. The molecular formula is C11H19F3O. The van der Waals surface area contributed by atoms with Crippen LogP contribution in [0.5, 0.6) is 0 Å². The van der Waals surface area contributed by atoms with E-state index < -0.39 is 17.2 Å². The van der Waals surface area contributed by atoms with E-state index in [-0.39, 0.29) is 5.92 Å². The number of aliphatic hydroxyl groups is 1. The number of rotatable bonds is 2. The Labute approximate surface area is 88.7 Å². The minimum absolute atomic E-state index is 0.0332. The summed E-state index contributed by atoms with van der Waals surface area (Å²) in [6.45, 7) is 3.94. The van der Waals surface area contributed by atoms with Crippen molar-refractivity contribution in [2.24, 2.45) is 11.3 Å². The lowest BCUT2D eigenvalue weighted by Crippen LogP contribution is -2.56. The van der Waals surface area contributed by atoms with Crippen LogP contribution in [0.15, 0.2) is 0 Å². The molecule has 0 aromatic rings. The molecule has 0 aromatic carbocycles. The average Bonchev–Trinajstić information content (AvgIpc) is 2.53. The molecule has 1 nitrogen and oxygen atoms in total. The van der Waals surface area contributed by atoms with Crippen molar-refractivity contribution in [1.29, 1.82) is 0 Å². The fourth-order valence-corrected chi connectivity index (χ4v) is 2.41. The molecule has 1 rings (SSSR count). The Balaban J connectivity index is 2.92. The fourth-order valence-electron chi connectivity index (χ4n) is 2.41. The van der Waals surface area contributed by atoms with Crippen molar-refractivity contribution in [3.8, 4) is 0 Å². The Morgan fingerprint density at radius 2 is 1.40 bits per heavy atom. The lowest BCUT2D eigenvalue weighted by Gasteiger charge is -2.45. The maximum absolute atomic E-state index is 12.7. The maximum Gasteiger partial charge on any atom is 0.417 e. The third-order valence-corrected chi connectivity index (χ3v) is 4.18. The lowest BCUT2D eigenvalue weighted by atomic mass is 9.66. The molecule has 1 saturated carbocycles. The zero-order valence-electron chi connectivity index (χ0n) is 9.49. The minimum atomic E-state index is -4.56. The first-order valence-corrected chi connectivity index (χ1v) is 5.40. The van der Waals surface area contributed by atoms with Gasteiger partial charge in [0.1, 0.15) is 0 Å². The smallest absolute Gasteiger partial charge is 0.380 e. The van der Waals surface area contributed by atoms with Crippen LogP contribution in [0.2, 0.25) is 0 Å². The molecule has 1 unspecified atom stereocenters. The summed E-state index contributed by atoms with van der Waals surface area (Å²) >= 11 is 0. The van der Waals surface area contributed by atoms with Crippen LogP contribution in [-0.4, -0.2) is 16.9 Å². The van der Waals surface area contributed by atoms with E-state index in [9.17, 15) is 18.3 Å². The second kappa shape index (κ2) is 3.65. The number of hydrogen-bond donors (Lipinski definition) is 1. The summed E-state index contributed by atoms with van der Waals surface area (Å²) < 4.78 is 38.2. The number of hydrogen-bond acceptors (Lipinski definition) is 1. The monoisotopic (exact) mass is 224 g/mol. The molecule has 1 aliphatic carbocycles. The van der Waals surface area contributed by atoms with Crippen molar-refractivity contribution < 1.29 is 18.3 Å². The normalized spacial score (nSPS) is 24.2. The third kappa shape index (κ3) is 2.01. The van der Waals surface area contributed by atoms with Gasteiger partial charge in [-0.2, -0.15) is 13.2 Å². The van der Waals surface area contributed by atoms with E-state index in [1.165, 1.54) is 13.8 Å². The zero-order chi connectivity index (χ0) is 11.9. The molecule has 0 bridgehead atoms. The largest absolute Gasteiger partial charge is 0.417 e. The summed E-state index contributed by atoms with van der Waals surface area (Å²) in [4.78, 5) is 0. The van der Waals surface area contributed by atoms with Gasteiger partial charge in [-0.05, 0) is 25.7 Å². The molecule has 4 heteroatoms. The third-order valence-electron chi connectivity index (χ3n) is 4.18. The van der Waals surface area contributed by atoms with Crippen LogP contribution < -0.4 is 0 Å². The molecule has 0 heterocycles. The van der Waals surface area contributed by atoms with Crippen molar-refractivity contribution >= 4 is 0 Å². The van der Waals surface area contributed by atoms with Crippen molar-refractivity contribution in [1.82, 2.24) is 0 Å². The van der Waals surface area contributed by atoms with Crippen LogP contribution in [0.1, 0.15) is 46.5 Å². The molecule has 1 N–H and O–H groups in total. The SMILES string of the molecule is CC(C)(C1CCCC1)C(C)(O)C(F)(F)F. The first-order valence-electron chi connectivity index (χ1n) is 5.40. The Hall–Kier alpha value is -0.250. The van der Waals surface area contributed by atoms with Crippen LogP contribution in [-0.2, 0) is 0 Å². The molecule has 1 aliphatic rings. The summed E-state index contributed by atoms with van der Waals surface area (Å²) in [5, 5.41) is 9.71. The van der Waals surface area contributed by atoms with E-state index in [2.05, 4.69) is 0 Å². The van der Waals surface area contributed by atoms with Crippen LogP contribution in [0.25, 0.3) is 0 Å². The highest BCUT2D eigenvalue weighted by Crippen LogP contribution is 2.51. The molecule has 0 aliphatic heterocycles. The minimum Gasteiger partial charge on any atom is -0.380 e. The summed E-state index contributed by atoms with van der Waals surface area (Å²) in [7, 11) is 0. The molecule has 0 radical (unpaired) electrons. The van der Waals surface area contributed by atoms with E-state index in [0.717, 1.165) is 32.6 Å². The van der Waals surface area contributed by atoms with Gasteiger partial charge in [0.2, 0.25) is 0 Å². The van der Waals surface area contributed by atoms with E-state index >= 15 is 0 Å². The van der Waals surface area contributed by atoms with E-state index in [1.807, 2.05) is 0 Å². The van der Waals surface area contributed by atoms with Gasteiger partial charge in [-0.25, -0.2) is 0 Å². The van der Waals surface area contributed by atoms with E-state index in [1.54, 1.807) is 0 Å². The molecule has 15 heavy (non-hydrogen) atoms. The van der Waals surface area contributed by atoms with Gasteiger partial charge in [0.25, 0.3) is 0 Å². The summed E-state index contributed by atoms with van der Waals surface area (Å²) in [5.74, 6) is -0.0332. The summed E-state index contributed by atoms with van der Waals surface area (Å²) in [6, 6.07) is 0. The van der Waals surface area contributed by atoms with Crippen molar-refractivity contribution in [2.75, 3.05) is 0 Å². The molecular weight excluding hydrogens is 205 g/mol. The molecule has 0 saturated heterocycles. The van der Waals surface area contributed by atoms with E-state index in [4.69, 9.17) is 0 Å². The second-order valence-corrected chi connectivity index (χ2v) is 5.27. The quantitative estimate of drug-likeness (QED) is 0.761. The van der Waals surface area contributed by atoms with Gasteiger partial charge in [0.05, 0.1) is 0 Å². The summed E-state index contributed by atoms with van der Waals surface area (Å²) in [6.07, 6.45) is -1.03. The van der Waals surface area contributed by atoms with Gasteiger partial charge in [0.15, 0.2) is 5.60 Å². The second-order valence-electron chi connectivity index (χ2n) is 5.27. The molecule has 1 atom stereocenters. The first kappa shape index (κ1) is 12.8. The Morgan fingerprint density at radius 1 is 1.00 bits per heavy atom. The molecule has 90 valence electrons. The van der Waals surface area contributed by atoms with Gasteiger partial charge >= 0.3 is 6.18 Å². The zero-order valence-corrected chi connectivity index (χ0v) is 9.49. The Bertz CT molecular complexity index is 224. The fraction of sp³-hybridized carbons (Fsp3) is 1.00. The standard InChI is InChI=1S/C11H19F3O/c1-9(2,8-6-4-5-7-8)10(3,15)11(12,13)14/h8,15H,4-7H2,1-3H3. The number of halogens is 3. The highest BCUT2D eigenvalue weighted by Gasteiger charge is 2.61. The van der Waals surface area contributed by atoms with Crippen molar-refractivity contribution in [3.63, 3.8) is 0 Å². The van der Waals surface area contributed by atoms with E-state index in [0.29, 0.717) is 0 Å². The van der Waals surface area contributed by atoms with Gasteiger partial charge < -0.3 is 5.11 Å². The van der Waals surface area contributed by atoms with Gasteiger partial charge in [-0.15, -0.1) is 0 Å². The molecule has 1 fully saturated rings. The topological polar surface area (TPSA) is 20.2 Å². The van der Waals surface area contributed by atoms with Gasteiger partial charge in [-0.1, -0.05) is 26.7 Å². The van der Waals surface area contributed by atoms with Crippen LogP contribution in [0, 0.1) is 11.3 Å². The maximum atomic E-state index is 12.7. The van der Waals surface area contributed by atoms with Gasteiger partial charge in [0, 0.05) is 5.41 Å². The predicted octanol–water partition coefficient (Wildman–Crippen LogP) is 3.52. The first-order chi connectivity index (χ1) is 6.61. The molecule has 0 amide bonds. The molecule has 0 aromatic heterocycles. The van der Waals surface area contributed by atoms with Crippen LogP contribution in [0.4, 0.5) is 13.2 Å². The predicted molar refractivity (Wildman–Crippen MR) is 52.4 cm³/mol. The average molecular weight is 224 g/mol. The Kier molecular flexibility index (Phi) is 3.12. The number of alkyl halides is 3. The Morgan fingerprint density at radius 3 is 1.73 bits per heavy atom. The van der Waals surface area contributed by atoms with Crippen LogP contribution in [0.3, 0.4) is 0 Å². The van der Waals surface area contributed by atoms with Gasteiger partial charge in [-0.3, -0.25) is 0 Å². The summed E-state index contributed by atoms with van der Waals surface area (Å²) in [5.41, 5.74) is -3.71. The lowest BCUT2D eigenvalue weighted by molar-refractivity contribution is -0.297. The van der Waals surface area contributed by atoms with Crippen molar-refractivity contribution in [3.05, 3.63) is 0 Å². The highest BCUT2D eigenvalue weighted by atomic mass is 19.4. The van der Waals surface area contributed by atoms with Crippen molar-refractivity contribution in [2.45, 2.75) is 58.2 Å². The highest BCUT2D eigenvalue weighted by molar-refractivity contribution is 5.00. The van der Waals surface area contributed by atoms with Crippen LogP contribution >= 0.6 is 0 Å².